The van der Waals surface area contributed by atoms with Crippen molar-refractivity contribution in [2.45, 2.75) is 57.3 Å². The van der Waals surface area contributed by atoms with Gasteiger partial charge in [-0.15, -0.1) is 0 Å². The van der Waals surface area contributed by atoms with Gasteiger partial charge in [-0.2, -0.15) is 0 Å². The molecule has 1 aliphatic carbocycles. The third-order valence-electron chi connectivity index (χ3n) is 4.18. The molecule has 0 N–H and O–H groups in total. The van der Waals surface area contributed by atoms with E-state index in [-0.39, 0.29) is 6.29 Å². The molecular formula is C12H20O2. The molecule has 0 radical (unpaired) electrons. The van der Waals surface area contributed by atoms with Gasteiger partial charge in [0.1, 0.15) is 0 Å². The molecule has 2 aliphatic heterocycles. The minimum atomic E-state index is 0.168. The topological polar surface area (TPSA) is 18.5 Å². The molecule has 80 valence electrons. The highest BCUT2D eigenvalue weighted by atomic mass is 16.7. The molecule has 2 heterocycles. The Labute approximate surface area is 86.0 Å². The minimum absolute atomic E-state index is 0.168. The van der Waals surface area contributed by atoms with Crippen molar-refractivity contribution in [1.82, 2.24) is 0 Å². The number of hydrogen-bond donors (Lipinski definition) is 0. The fraction of sp³-hybridized carbons (Fsp3) is 1.00. The summed E-state index contributed by atoms with van der Waals surface area (Å²) in [5, 5.41) is 0. The number of rotatable bonds is 1. The van der Waals surface area contributed by atoms with Crippen LogP contribution in [0.2, 0.25) is 0 Å². The molecule has 0 amide bonds. The number of fused-ring (bicyclic) bond motifs is 1. The van der Waals surface area contributed by atoms with Crippen LogP contribution >= 0.6 is 0 Å². The molecule has 1 saturated carbocycles. The summed E-state index contributed by atoms with van der Waals surface area (Å²) in [6.07, 6.45) is 10.3. The van der Waals surface area contributed by atoms with Crippen molar-refractivity contribution in [2.24, 2.45) is 11.8 Å². The van der Waals surface area contributed by atoms with Gasteiger partial charge in [-0.25, -0.2) is 0 Å². The van der Waals surface area contributed by atoms with E-state index in [0.29, 0.717) is 6.10 Å². The molecule has 0 spiro atoms. The van der Waals surface area contributed by atoms with E-state index in [9.17, 15) is 0 Å². The molecule has 0 bridgehead atoms. The predicted molar refractivity (Wildman–Crippen MR) is 53.9 cm³/mol. The normalized spacial score (nSPS) is 44.1. The van der Waals surface area contributed by atoms with E-state index in [0.717, 1.165) is 18.4 Å². The molecule has 3 rings (SSSR count). The summed E-state index contributed by atoms with van der Waals surface area (Å²) < 4.78 is 11.6. The van der Waals surface area contributed by atoms with Crippen molar-refractivity contribution in [3.8, 4) is 0 Å². The fourth-order valence-corrected chi connectivity index (χ4v) is 3.32. The molecule has 2 saturated heterocycles. The second-order valence-corrected chi connectivity index (χ2v) is 5.10. The van der Waals surface area contributed by atoms with Gasteiger partial charge < -0.3 is 9.47 Å². The Morgan fingerprint density at radius 1 is 0.857 bits per heavy atom. The zero-order valence-electron chi connectivity index (χ0n) is 8.78. The van der Waals surface area contributed by atoms with E-state index in [2.05, 4.69) is 0 Å². The molecule has 2 heteroatoms. The van der Waals surface area contributed by atoms with Crippen molar-refractivity contribution >= 4 is 0 Å². The van der Waals surface area contributed by atoms with E-state index in [1.54, 1.807) is 0 Å². The van der Waals surface area contributed by atoms with Gasteiger partial charge in [0.25, 0.3) is 0 Å². The van der Waals surface area contributed by atoms with Crippen LogP contribution < -0.4 is 0 Å². The Balaban J connectivity index is 1.59. The second-order valence-electron chi connectivity index (χ2n) is 5.10. The summed E-state index contributed by atoms with van der Waals surface area (Å²) in [7, 11) is 0. The van der Waals surface area contributed by atoms with Crippen LogP contribution in [0.15, 0.2) is 0 Å². The summed E-state index contributed by atoms with van der Waals surface area (Å²) >= 11 is 0. The lowest BCUT2D eigenvalue weighted by Crippen LogP contribution is -2.24. The first-order valence-electron chi connectivity index (χ1n) is 6.20. The maximum absolute atomic E-state index is 6.00. The van der Waals surface area contributed by atoms with E-state index < -0.39 is 0 Å². The second kappa shape index (κ2) is 3.82. The van der Waals surface area contributed by atoms with Crippen LogP contribution in [0.1, 0.15) is 44.9 Å². The van der Waals surface area contributed by atoms with Gasteiger partial charge in [0.05, 0.1) is 12.7 Å². The molecule has 14 heavy (non-hydrogen) atoms. The average Bonchev–Trinajstić information content (AvgIpc) is 2.78. The Kier molecular flexibility index (Phi) is 2.50. The maximum Gasteiger partial charge on any atom is 0.160 e. The lowest BCUT2D eigenvalue weighted by Gasteiger charge is -2.27. The molecule has 3 aliphatic rings. The summed E-state index contributed by atoms with van der Waals surface area (Å²) in [4.78, 5) is 0. The first-order valence-corrected chi connectivity index (χ1v) is 6.20. The number of ether oxygens (including phenoxy) is 2. The largest absolute Gasteiger partial charge is 0.352 e. The van der Waals surface area contributed by atoms with Gasteiger partial charge in [-0.1, -0.05) is 19.3 Å². The maximum atomic E-state index is 6.00. The van der Waals surface area contributed by atoms with Crippen molar-refractivity contribution in [3.05, 3.63) is 0 Å². The van der Waals surface area contributed by atoms with Gasteiger partial charge in [-0.05, 0) is 31.6 Å². The zero-order chi connectivity index (χ0) is 9.38. The van der Waals surface area contributed by atoms with Crippen molar-refractivity contribution in [1.29, 1.82) is 0 Å². The fourth-order valence-electron chi connectivity index (χ4n) is 3.32. The Bertz CT molecular complexity index is 186. The molecular weight excluding hydrogens is 176 g/mol. The van der Waals surface area contributed by atoms with Crippen LogP contribution in [0.4, 0.5) is 0 Å². The molecule has 0 aromatic heterocycles. The predicted octanol–water partition coefficient (Wildman–Crippen LogP) is 2.72. The first-order chi connectivity index (χ1) is 6.93. The van der Waals surface area contributed by atoms with Crippen LogP contribution in [0.5, 0.6) is 0 Å². The van der Waals surface area contributed by atoms with Crippen LogP contribution in [0.3, 0.4) is 0 Å². The highest BCUT2D eigenvalue weighted by molar-refractivity contribution is 4.86. The summed E-state index contributed by atoms with van der Waals surface area (Å²) in [5.41, 5.74) is 0. The standard InChI is InChI=1S/C12H20O2/c1-2-4-9(5-3-1)11-8-10-6-7-13-12(10)14-11/h9-12H,1-8H2/t10-,11?,12+/m0/s1. The van der Waals surface area contributed by atoms with Crippen LogP contribution in [-0.2, 0) is 9.47 Å². The summed E-state index contributed by atoms with van der Waals surface area (Å²) in [5.74, 6) is 1.57. The quantitative estimate of drug-likeness (QED) is 0.642. The highest BCUT2D eigenvalue weighted by Crippen LogP contribution is 2.41. The smallest absolute Gasteiger partial charge is 0.160 e. The van der Waals surface area contributed by atoms with Gasteiger partial charge in [-0.3, -0.25) is 0 Å². The number of hydrogen-bond acceptors (Lipinski definition) is 2. The van der Waals surface area contributed by atoms with Crippen molar-refractivity contribution in [2.75, 3.05) is 6.61 Å². The monoisotopic (exact) mass is 196 g/mol. The Morgan fingerprint density at radius 3 is 2.50 bits per heavy atom. The lowest BCUT2D eigenvalue weighted by atomic mass is 9.83. The van der Waals surface area contributed by atoms with Gasteiger partial charge >= 0.3 is 0 Å². The van der Waals surface area contributed by atoms with E-state index in [1.165, 1.54) is 44.9 Å². The first kappa shape index (κ1) is 9.17. The molecule has 3 atom stereocenters. The van der Waals surface area contributed by atoms with Crippen LogP contribution in [-0.4, -0.2) is 19.0 Å². The summed E-state index contributed by atoms with van der Waals surface area (Å²) in [6.45, 7) is 0.923. The Hall–Kier alpha value is -0.0800. The van der Waals surface area contributed by atoms with Crippen molar-refractivity contribution in [3.63, 3.8) is 0 Å². The SMILES string of the molecule is C1CCC(C2C[C@@H]3CCO[C@@H]3O2)CC1. The molecule has 0 aromatic rings. The van der Waals surface area contributed by atoms with Crippen LogP contribution in [0, 0.1) is 11.8 Å². The lowest BCUT2D eigenvalue weighted by molar-refractivity contribution is -0.130. The Morgan fingerprint density at radius 2 is 1.71 bits per heavy atom. The molecule has 0 aromatic carbocycles. The summed E-state index contributed by atoms with van der Waals surface area (Å²) in [6, 6.07) is 0. The van der Waals surface area contributed by atoms with E-state index >= 15 is 0 Å². The average molecular weight is 196 g/mol. The molecule has 2 nitrogen and oxygen atoms in total. The third kappa shape index (κ3) is 1.59. The molecule has 1 unspecified atom stereocenters. The van der Waals surface area contributed by atoms with Gasteiger partial charge in [0.15, 0.2) is 6.29 Å². The van der Waals surface area contributed by atoms with Gasteiger partial charge in [0.2, 0.25) is 0 Å². The third-order valence-corrected chi connectivity index (χ3v) is 4.18. The van der Waals surface area contributed by atoms with Gasteiger partial charge in [0, 0.05) is 5.92 Å². The van der Waals surface area contributed by atoms with E-state index in [1.807, 2.05) is 0 Å². The highest BCUT2D eigenvalue weighted by Gasteiger charge is 2.42. The molecule has 3 fully saturated rings. The minimum Gasteiger partial charge on any atom is -0.352 e. The zero-order valence-corrected chi connectivity index (χ0v) is 8.78. The van der Waals surface area contributed by atoms with Crippen LogP contribution in [0.25, 0.3) is 0 Å². The van der Waals surface area contributed by atoms with Crippen molar-refractivity contribution < 1.29 is 9.47 Å². The van der Waals surface area contributed by atoms with E-state index in [4.69, 9.17) is 9.47 Å².